The van der Waals surface area contributed by atoms with Crippen LogP contribution in [0.15, 0.2) is 30.3 Å². The summed E-state index contributed by atoms with van der Waals surface area (Å²) in [7, 11) is 0. The fourth-order valence-electron chi connectivity index (χ4n) is 2.25. The van der Waals surface area contributed by atoms with Crippen LogP contribution in [0.3, 0.4) is 0 Å². The molecule has 0 saturated heterocycles. The summed E-state index contributed by atoms with van der Waals surface area (Å²) >= 11 is 0. The van der Waals surface area contributed by atoms with Gasteiger partial charge in [0.15, 0.2) is 0 Å². The van der Waals surface area contributed by atoms with Gasteiger partial charge >= 0.3 is 0 Å². The van der Waals surface area contributed by atoms with Gasteiger partial charge in [0.25, 0.3) is 0 Å². The van der Waals surface area contributed by atoms with Gasteiger partial charge in [-0.3, -0.25) is 4.79 Å². The van der Waals surface area contributed by atoms with E-state index in [-0.39, 0.29) is 0 Å². The molecule has 2 atom stereocenters. The van der Waals surface area contributed by atoms with Gasteiger partial charge in [0, 0.05) is 12.3 Å². The summed E-state index contributed by atoms with van der Waals surface area (Å²) in [5.41, 5.74) is 6.73. The molecule has 1 aliphatic carbocycles. The monoisotopic (exact) mass is 217 g/mol. The van der Waals surface area contributed by atoms with E-state index in [4.69, 9.17) is 5.73 Å². The topological polar surface area (TPSA) is 43.1 Å². The van der Waals surface area contributed by atoms with Crippen LogP contribution in [0, 0.1) is 5.92 Å². The first-order valence-electron chi connectivity index (χ1n) is 6.10. The second-order valence-corrected chi connectivity index (χ2v) is 4.57. The summed E-state index contributed by atoms with van der Waals surface area (Å²) in [5, 5.41) is 0. The molecule has 0 aromatic heterocycles. The van der Waals surface area contributed by atoms with Crippen molar-refractivity contribution in [3.8, 4) is 0 Å². The minimum Gasteiger partial charge on any atom is -0.330 e. The van der Waals surface area contributed by atoms with Crippen molar-refractivity contribution in [2.45, 2.75) is 31.6 Å². The molecule has 0 aliphatic heterocycles. The quantitative estimate of drug-likeness (QED) is 0.744. The summed E-state index contributed by atoms with van der Waals surface area (Å²) in [4.78, 5) is 11.8. The predicted octanol–water partition coefficient (Wildman–Crippen LogP) is 2.49. The summed E-state index contributed by atoms with van der Waals surface area (Å²) in [6, 6.07) is 10.4. The van der Waals surface area contributed by atoms with E-state index < -0.39 is 0 Å². The molecule has 86 valence electrons. The molecular weight excluding hydrogens is 198 g/mol. The number of carbonyl (C=O) groups is 1. The molecule has 2 unspecified atom stereocenters. The third-order valence-electron chi connectivity index (χ3n) is 3.31. The molecule has 0 bridgehead atoms. The van der Waals surface area contributed by atoms with E-state index in [1.807, 2.05) is 18.2 Å². The van der Waals surface area contributed by atoms with Crippen molar-refractivity contribution in [3.05, 3.63) is 35.9 Å². The van der Waals surface area contributed by atoms with E-state index in [2.05, 4.69) is 12.1 Å². The maximum atomic E-state index is 11.8. The molecule has 1 aromatic rings. The van der Waals surface area contributed by atoms with Gasteiger partial charge < -0.3 is 5.73 Å². The highest BCUT2D eigenvalue weighted by Gasteiger charge is 2.42. The van der Waals surface area contributed by atoms with Crippen molar-refractivity contribution in [2.75, 3.05) is 6.54 Å². The largest absolute Gasteiger partial charge is 0.330 e. The molecule has 2 N–H and O–H groups in total. The number of rotatable bonds is 6. The van der Waals surface area contributed by atoms with E-state index >= 15 is 0 Å². The number of benzene rings is 1. The lowest BCUT2D eigenvalue weighted by atomic mass is 10.0. The number of nitrogens with two attached hydrogens (primary N) is 1. The van der Waals surface area contributed by atoms with Crippen LogP contribution < -0.4 is 5.73 Å². The molecule has 1 saturated carbocycles. The Morgan fingerprint density at radius 3 is 2.69 bits per heavy atom. The van der Waals surface area contributed by atoms with Gasteiger partial charge in [-0.25, -0.2) is 0 Å². The number of hydrogen-bond donors (Lipinski definition) is 1. The van der Waals surface area contributed by atoms with Gasteiger partial charge in [-0.05, 0) is 37.3 Å². The zero-order valence-electron chi connectivity index (χ0n) is 9.56. The smallest absolute Gasteiger partial charge is 0.136 e. The van der Waals surface area contributed by atoms with Crippen molar-refractivity contribution in [3.63, 3.8) is 0 Å². The first-order valence-corrected chi connectivity index (χ1v) is 6.10. The Kier molecular flexibility index (Phi) is 3.73. The van der Waals surface area contributed by atoms with Crippen LogP contribution in [-0.4, -0.2) is 12.3 Å². The Labute approximate surface area is 96.8 Å². The van der Waals surface area contributed by atoms with Crippen molar-refractivity contribution in [1.29, 1.82) is 0 Å². The number of ketones is 1. The first-order chi connectivity index (χ1) is 7.83. The summed E-state index contributed by atoms with van der Waals surface area (Å²) in [6.45, 7) is 0.695. The Hall–Kier alpha value is -1.15. The van der Waals surface area contributed by atoms with Gasteiger partial charge in [-0.15, -0.1) is 0 Å². The third kappa shape index (κ3) is 2.70. The average Bonchev–Trinajstić information content (AvgIpc) is 3.10. The van der Waals surface area contributed by atoms with Gasteiger partial charge in [0.2, 0.25) is 0 Å². The molecule has 0 amide bonds. The number of carbonyl (C=O) groups excluding carboxylic acids is 1. The minimum absolute atomic E-state index is 0.292. The zero-order chi connectivity index (χ0) is 11.4. The maximum Gasteiger partial charge on any atom is 0.136 e. The highest BCUT2D eigenvalue weighted by atomic mass is 16.1. The minimum atomic E-state index is 0.292. The highest BCUT2D eigenvalue weighted by Crippen LogP contribution is 2.48. The van der Waals surface area contributed by atoms with E-state index in [0.29, 0.717) is 30.6 Å². The fourth-order valence-corrected chi connectivity index (χ4v) is 2.25. The van der Waals surface area contributed by atoms with Crippen LogP contribution in [0.2, 0.25) is 0 Å². The molecule has 2 rings (SSSR count). The van der Waals surface area contributed by atoms with E-state index in [9.17, 15) is 4.79 Å². The van der Waals surface area contributed by atoms with Gasteiger partial charge in [-0.2, -0.15) is 0 Å². The van der Waals surface area contributed by atoms with Crippen molar-refractivity contribution in [1.82, 2.24) is 0 Å². The standard InChI is InChI=1S/C14H19NO/c15-9-5-4-8-14(16)13-10-12(13)11-6-2-1-3-7-11/h1-3,6-7,12-13H,4-5,8-10,15H2. The van der Waals surface area contributed by atoms with Crippen LogP contribution in [0.5, 0.6) is 0 Å². The number of unbranched alkanes of at least 4 members (excludes halogenated alkanes) is 1. The molecule has 0 heterocycles. The molecule has 0 spiro atoms. The molecule has 1 aliphatic rings. The molecule has 16 heavy (non-hydrogen) atoms. The SMILES string of the molecule is NCCCCC(=O)C1CC1c1ccccc1. The van der Waals surface area contributed by atoms with E-state index in [1.165, 1.54) is 5.56 Å². The lowest BCUT2D eigenvalue weighted by molar-refractivity contribution is -0.120. The van der Waals surface area contributed by atoms with Crippen LogP contribution in [0.1, 0.15) is 37.2 Å². The Morgan fingerprint density at radius 1 is 1.25 bits per heavy atom. The van der Waals surface area contributed by atoms with Crippen molar-refractivity contribution in [2.24, 2.45) is 11.7 Å². The summed E-state index contributed by atoms with van der Waals surface area (Å²) in [6.07, 6.45) is 3.68. The van der Waals surface area contributed by atoms with Crippen LogP contribution in [0.25, 0.3) is 0 Å². The van der Waals surface area contributed by atoms with Crippen LogP contribution in [0.4, 0.5) is 0 Å². The van der Waals surface area contributed by atoms with Gasteiger partial charge in [-0.1, -0.05) is 30.3 Å². The Morgan fingerprint density at radius 2 is 2.00 bits per heavy atom. The predicted molar refractivity (Wildman–Crippen MR) is 65.2 cm³/mol. The third-order valence-corrected chi connectivity index (χ3v) is 3.31. The van der Waals surface area contributed by atoms with E-state index in [1.54, 1.807) is 0 Å². The van der Waals surface area contributed by atoms with Crippen molar-refractivity contribution >= 4 is 5.78 Å². The molecular formula is C14H19NO. The molecule has 0 radical (unpaired) electrons. The second kappa shape index (κ2) is 5.26. The molecule has 1 fully saturated rings. The van der Waals surface area contributed by atoms with E-state index in [0.717, 1.165) is 19.3 Å². The molecule has 2 heteroatoms. The lowest BCUT2D eigenvalue weighted by Gasteiger charge is -2.00. The summed E-state index contributed by atoms with van der Waals surface area (Å²) < 4.78 is 0. The Bertz CT molecular complexity index is 347. The Balaban J connectivity index is 1.80. The second-order valence-electron chi connectivity index (χ2n) is 4.57. The summed E-state index contributed by atoms with van der Waals surface area (Å²) in [5.74, 6) is 1.22. The van der Waals surface area contributed by atoms with Crippen LogP contribution >= 0.6 is 0 Å². The molecule has 2 nitrogen and oxygen atoms in total. The lowest BCUT2D eigenvalue weighted by Crippen LogP contribution is -2.04. The normalized spacial score (nSPS) is 23.1. The molecule has 1 aromatic carbocycles. The first kappa shape index (κ1) is 11.3. The van der Waals surface area contributed by atoms with Crippen molar-refractivity contribution < 1.29 is 4.79 Å². The number of Topliss-reactive ketones (excluding diaryl/α,β-unsaturated/α-hetero) is 1. The highest BCUT2D eigenvalue weighted by molar-refractivity contribution is 5.84. The average molecular weight is 217 g/mol. The zero-order valence-corrected chi connectivity index (χ0v) is 9.56. The van der Waals surface area contributed by atoms with Gasteiger partial charge in [0.1, 0.15) is 5.78 Å². The van der Waals surface area contributed by atoms with Crippen LogP contribution in [-0.2, 0) is 4.79 Å². The number of hydrogen-bond acceptors (Lipinski definition) is 2. The fraction of sp³-hybridized carbons (Fsp3) is 0.500. The van der Waals surface area contributed by atoms with Gasteiger partial charge in [0.05, 0.1) is 0 Å². The maximum absolute atomic E-state index is 11.8.